The summed E-state index contributed by atoms with van der Waals surface area (Å²) < 4.78 is 6.18. The monoisotopic (exact) mass is 576 g/mol. The lowest BCUT2D eigenvalue weighted by molar-refractivity contribution is 0.657. The van der Waals surface area contributed by atoms with E-state index in [1.54, 1.807) is 6.20 Å². The molecule has 0 atom stereocenters. The van der Waals surface area contributed by atoms with Crippen molar-refractivity contribution in [2.45, 2.75) is 0 Å². The Morgan fingerprint density at radius 1 is 0.378 bits per heavy atom. The molecule has 9 aromatic rings. The van der Waals surface area contributed by atoms with E-state index in [1.807, 2.05) is 48.5 Å². The molecule has 3 aromatic heterocycles. The van der Waals surface area contributed by atoms with Gasteiger partial charge in [-0.2, -0.15) is 0 Å². The minimum absolute atomic E-state index is 0.617. The van der Waals surface area contributed by atoms with Crippen LogP contribution in [0.25, 0.3) is 88.9 Å². The quantitative estimate of drug-likeness (QED) is 0.209. The number of furan rings is 1. The van der Waals surface area contributed by atoms with Crippen LogP contribution in [0.15, 0.2) is 150 Å². The second kappa shape index (κ2) is 10.2. The van der Waals surface area contributed by atoms with Crippen LogP contribution in [0.1, 0.15) is 0 Å². The van der Waals surface area contributed by atoms with Crippen LogP contribution in [0.4, 0.5) is 0 Å². The van der Waals surface area contributed by atoms with Crippen molar-refractivity contribution in [3.63, 3.8) is 0 Å². The molecule has 5 nitrogen and oxygen atoms in total. The normalized spacial score (nSPS) is 11.6. The Labute approximate surface area is 258 Å². The molecular formula is C40H24N4O. The Kier molecular flexibility index (Phi) is 5.74. The Morgan fingerprint density at radius 2 is 0.933 bits per heavy atom. The molecule has 0 saturated heterocycles. The van der Waals surface area contributed by atoms with Crippen LogP contribution in [-0.2, 0) is 0 Å². The second-order valence-electron chi connectivity index (χ2n) is 11.2. The van der Waals surface area contributed by atoms with Crippen LogP contribution in [0, 0.1) is 0 Å². The summed E-state index contributed by atoms with van der Waals surface area (Å²) in [4.78, 5) is 19.3. The van der Waals surface area contributed by atoms with Crippen LogP contribution in [-0.4, -0.2) is 19.9 Å². The number of hydrogen-bond donors (Lipinski definition) is 0. The zero-order valence-corrected chi connectivity index (χ0v) is 24.1. The topological polar surface area (TPSA) is 64.7 Å². The summed E-state index contributed by atoms with van der Waals surface area (Å²) in [5.41, 5.74) is 6.65. The molecule has 0 radical (unpaired) electrons. The van der Waals surface area contributed by atoms with Gasteiger partial charge in [0.05, 0.1) is 0 Å². The Bertz CT molecular complexity index is 2540. The lowest BCUT2D eigenvalue weighted by atomic mass is 10.00. The standard InChI is InChI=1S/C40H24N4O/c1-3-8-25(9-4-1)27-13-14-29-23-31(16-15-28(29)22-27)38-42-37(26-10-5-2-6-11-26)43-39(44-38)32-18-19-33-30(24-32)17-20-34-35-12-7-21-41-40(35)45-36(33)34/h1-24H. The van der Waals surface area contributed by atoms with Gasteiger partial charge in [0.2, 0.25) is 5.71 Å². The zero-order valence-electron chi connectivity index (χ0n) is 24.1. The van der Waals surface area contributed by atoms with Crippen molar-refractivity contribution in [1.82, 2.24) is 19.9 Å². The fraction of sp³-hybridized carbons (Fsp3) is 0. The van der Waals surface area contributed by atoms with E-state index in [-0.39, 0.29) is 0 Å². The Morgan fingerprint density at radius 3 is 1.67 bits per heavy atom. The molecular weight excluding hydrogens is 552 g/mol. The molecule has 0 N–H and O–H groups in total. The first kappa shape index (κ1) is 25.3. The molecule has 0 saturated carbocycles. The molecule has 210 valence electrons. The number of rotatable bonds is 4. The van der Waals surface area contributed by atoms with Gasteiger partial charge in [0.1, 0.15) is 5.58 Å². The third-order valence-corrected chi connectivity index (χ3v) is 8.36. The van der Waals surface area contributed by atoms with E-state index in [0.717, 1.165) is 49.2 Å². The summed E-state index contributed by atoms with van der Waals surface area (Å²) in [5, 5.41) is 6.43. The molecule has 5 heteroatoms. The fourth-order valence-corrected chi connectivity index (χ4v) is 6.08. The Hall–Kier alpha value is -6.20. The van der Waals surface area contributed by atoms with E-state index in [0.29, 0.717) is 23.2 Å². The van der Waals surface area contributed by atoms with Gasteiger partial charge in [0, 0.05) is 39.0 Å². The highest BCUT2D eigenvalue weighted by Crippen LogP contribution is 2.35. The summed E-state index contributed by atoms with van der Waals surface area (Å²) in [6.45, 7) is 0. The predicted molar refractivity (Wildman–Crippen MR) is 182 cm³/mol. The van der Waals surface area contributed by atoms with Crippen LogP contribution >= 0.6 is 0 Å². The molecule has 0 unspecified atom stereocenters. The van der Waals surface area contributed by atoms with E-state index < -0.39 is 0 Å². The van der Waals surface area contributed by atoms with Crippen LogP contribution in [0.3, 0.4) is 0 Å². The van der Waals surface area contributed by atoms with Gasteiger partial charge in [-0.25, -0.2) is 19.9 Å². The lowest BCUT2D eigenvalue weighted by Crippen LogP contribution is -2.00. The molecule has 6 aromatic carbocycles. The fourth-order valence-electron chi connectivity index (χ4n) is 6.08. The average molecular weight is 577 g/mol. The number of nitrogens with zero attached hydrogens (tertiary/aromatic N) is 4. The highest BCUT2D eigenvalue weighted by molar-refractivity contribution is 6.14. The SMILES string of the molecule is c1ccc(-c2ccc3cc(-c4nc(-c5ccccc5)nc(-c5ccc6c(ccc7c8cccnc8oc67)c5)n4)ccc3c2)cc1. The summed E-state index contributed by atoms with van der Waals surface area (Å²) in [6, 6.07) is 47.9. The molecule has 0 bridgehead atoms. The van der Waals surface area contributed by atoms with Gasteiger partial charge in [0.15, 0.2) is 17.5 Å². The summed E-state index contributed by atoms with van der Waals surface area (Å²) >= 11 is 0. The molecule has 0 amide bonds. The maximum absolute atomic E-state index is 6.18. The van der Waals surface area contributed by atoms with E-state index in [9.17, 15) is 0 Å². The van der Waals surface area contributed by atoms with Gasteiger partial charge in [-0.1, -0.05) is 97.1 Å². The highest BCUT2D eigenvalue weighted by Gasteiger charge is 2.15. The van der Waals surface area contributed by atoms with Crippen LogP contribution in [0.2, 0.25) is 0 Å². The maximum Gasteiger partial charge on any atom is 0.227 e. The van der Waals surface area contributed by atoms with E-state index in [2.05, 4.69) is 96.0 Å². The minimum Gasteiger partial charge on any atom is -0.437 e. The third kappa shape index (κ3) is 4.41. The van der Waals surface area contributed by atoms with Crippen molar-refractivity contribution in [2.75, 3.05) is 0 Å². The van der Waals surface area contributed by atoms with Gasteiger partial charge in [-0.05, 0) is 69.8 Å². The van der Waals surface area contributed by atoms with E-state index in [4.69, 9.17) is 19.4 Å². The van der Waals surface area contributed by atoms with Crippen LogP contribution < -0.4 is 0 Å². The molecule has 0 aliphatic carbocycles. The molecule has 0 fully saturated rings. The van der Waals surface area contributed by atoms with Gasteiger partial charge >= 0.3 is 0 Å². The maximum atomic E-state index is 6.18. The molecule has 9 rings (SSSR count). The number of aromatic nitrogens is 4. The van der Waals surface area contributed by atoms with E-state index in [1.165, 1.54) is 16.5 Å². The van der Waals surface area contributed by atoms with Crippen molar-refractivity contribution in [1.29, 1.82) is 0 Å². The van der Waals surface area contributed by atoms with Gasteiger partial charge < -0.3 is 4.42 Å². The van der Waals surface area contributed by atoms with E-state index >= 15 is 0 Å². The van der Waals surface area contributed by atoms with Crippen LogP contribution in [0.5, 0.6) is 0 Å². The molecule has 0 aliphatic heterocycles. The van der Waals surface area contributed by atoms with Gasteiger partial charge in [-0.15, -0.1) is 0 Å². The second-order valence-corrected chi connectivity index (χ2v) is 11.2. The van der Waals surface area contributed by atoms with Crippen molar-refractivity contribution in [3.8, 4) is 45.3 Å². The summed E-state index contributed by atoms with van der Waals surface area (Å²) in [5.74, 6) is 1.88. The lowest BCUT2D eigenvalue weighted by Gasteiger charge is -2.10. The molecule has 0 aliphatic rings. The summed E-state index contributed by atoms with van der Waals surface area (Å²) in [6.07, 6.45) is 1.76. The minimum atomic E-state index is 0.617. The first-order valence-electron chi connectivity index (χ1n) is 14.9. The average Bonchev–Trinajstić information content (AvgIpc) is 3.51. The number of benzene rings is 6. The van der Waals surface area contributed by atoms with Crippen molar-refractivity contribution >= 4 is 43.6 Å². The first-order chi connectivity index (χ1) is 22.3. The van der Waals surface area contributed by atoms with Crippen molar-refractivity contribution in [2.24, 2.45) is 0 Å². The smallest absolute Gasteiger partial charge is 0.227 e. The molecule has 3 heterocycles. The van der Waals surface area contributed by atoms with Crippen molar-refractivity contribution in [3.05, 3.63) is 146 Å². The number of pyridine rings is 1. The summed E-state index contributed by atoms with van der Waals surface area (Å²) in [7, 11) is 0. The predicted octanol–water partition coefficient (Wildman–Crippen LogP) is 10.1. The molecule has 0 spiro atoms. The largest absolute Gasteiger partial charge is 0.437 e. The third-order valence-electron chi connectivity index (χ3n) is 8.36. The number of fused-ring (bicyclic) bond motifs is 6. The highest BCUT2D eigenvalue weighted by atomic mass is 16.3. The van der Waals surface area contributed by atoms with Gasteiger partial charge in [-0.3, -0.25) is 0 Å². The molecule has 45 heavy (non-hydrogen) atoms. The number of hydrogen-bond acceptors (Lipinski definition) is 5. The van der Waals surface area contributed by atoms with Gasteiger partial charge in [0.25, 0.3) is 0 Å². The van der Waals surface area contributed by atoms with Crippen molar-refractivity contribution < 1.29 is 4.42 Å². The zero-order chi connectivity index (χ0) is 29.7. The first-order valence-corrected chi connectivity index (χ1v) is 14.9. The Balaban J connectivity index is 1.18.